The summed E-state index contributed by atoms with van der Waals surface area (Å²) in [6.07, 6.45) is 0.838. The molecule has 0 spiro atoms. The van der Waals surface area contributed by atoms with Gasteiger partial charge in [0, 0.05) is 27.2 Å². The van der Waals surface area contributed by atoms with E-state index in [1.54, 1.807) is 0 Å². The van der Waals surface area contributed by atoms with E-state index in [1.165, 1.54) is 14.2 Å². The molecule has 7 heteroatoms. The van der Waals surface area contributed by atoms with Crippen LogP contribution in [0.15, 0.2) is 0 Å². The summed E-state index contributed by atoms with van der Waals surface area (Å²) in [6, 6.07) is 0. The van der Waals surface area contributed by atoms with Crippen molar-refractivity contribution in [1.29, 1.82) is 0 Å². The van der Waals surface area contributed by atoms with Crippen LogP contribution in [0.2, 0.25) is 19.6 Å². The van der Waals surface area contributed by atoms with Crippen LogP contribution < -0.4 is 0 Å². The average molecular weight is 282 g/mol. The molecule has 17 heavy (non-hydrogen) atoms. The van der Waals surface area contributed by atoms with Gasteiger partial charge in [0.1, 0.15) is 11.9 Å². The normalized spacial score (nSPS) is 12.8. The molecule has 0 unspecified atom stereocenters. The first kappa shape index (κ1) is 17.0. The van der Waals surface area contributed by atoms with E-state index in [1.807, 2.05) is 0 Å². The number of hydrogen-bond acceptors (Lipinski definition) is 5. The van der Waals surface area contributed by atoms with Crippen LogP contribution in [-0.4, -0.2) is 41.1 Å². The fourth-order valence-electron chi connectivity index (χ4n) is 1.15. The number of rotatable bonds is 9. The first-order valence-corrected chi connectivity index (χ1v) is 10.7. The Morgan fingerprint density at radius 2 is 1.71 bits per heavy atom. The van der Waals surface area contributed by atoms with Gasteiger partial charge in [-0.25, -0.2) is 0 Å². The summed E-state index contributed by atoms with van der Waals surface area (Å²) < 4.78 is 26.7. The molecule has 0 aliphatic heterocycles. The van der Waals surface area contributed by atoms with Crippen molar-refractivity contribution in [3.63, 3.8) is 0 Å². The maximum Gasteiger partial charge on any atom is 0.337 e. The van der Waals surface area contributed by atoms with Crippen LogP contribution in [-0.2, 0) is 22.8 Å². The van der Waals surface area contributed by atoms with Crippen LogP contribution in [0, 0.1) is 0 Å². The van der Waals surface area contributed by atoms with E-state index in [9.17, 15) is 9.36 Å². The van der Waals surface area contributed by atoms with Gasteiger partial charge in [0.15, 0.2) is 8.32 Å². The van der Waals surface area contributed by atoms with Crippen LogP contribution in [0.1, 0.15) is 12.8 Å². The zero-order valence-corrected chi connectivity index (χ0v) is 13.2. The number of carbonyl (C=O) groups excluding carboxylic acids is 1. The van der Waals surface area contributed by atoms with E-state index >= 15 is 0 Å². The third-order valence-corrected chi connectivity index (χ3v) is 4.98. The minimum absolute atomic E-state index is 0.115. The van der Waals surface area contributed by atoms with Crippen molar-refractivity contribution in [3.8, 4) is 0 Å². The van der Waals surface area contributed by atoms with Crippen LogP contribution >= 0.6 is 7.60 Å². The maximum atomic E-state index is 11.7. The fourth-order valence-corrected chi connectivity index (χ4v) is 2.90. The molecule has 102 valence electrons. The Labute approximate surface area is 104 Å². The Bertz CT molecular complexity index is 279. The first-order valence-electron chi connectivity index (χ1n) is 5.58. The summed E-state index contributed by atoms with van der Waals surface area (Å²) in [4.78, 5) is 11.5. The predicted octanol–water partition coefficient (Wildman–Crippen LogP) is 2.67. The standard InChI is InChI=1S/C10H23O5PSi/c1-13-16(12,14-2)9-10(11)7-6-8-15-17(3,4)5/h6-9H2,1-5H3. The SMILES string of the molecule is COP(=O)(CC(=O)CCCO[Si](C)(C)C)OC. The highest BCUT2D eigenvalue weighted by Crippen LogP contribution is 2.46. The third-order valence-electron chi connectivity index (χ3n) is 2.06. The molecule has 0 atom stereocenters. The van der Waals surface area contributed by atoms with Crippen LogP contribution in [0.5, 0.6) is 0 Å². The molecular formula is C10H23O5PSi. The Kier molecular flexibility index (Phi) is 7.43. The van der Waals surface area contributed by atoms with Crippen molar-refractivity contribution < 1.29 is 22.8 Å². The Hall–Kier alpha value is -0.00312. The van der Waals surface area contributed by atoms with E-state index in [0.29, 0.717) is 19.4 Å². The molecule has 0 aliphatic carbocycles. The zero-order chi connectivity index (χ0) is 13.5. The summed E-state index contributed by atoms with van der Waals surface area (Å²) in [5.74, 6) is -0.115. The Morgan fingerprint density at radius 1 is 1.18 bits per heavy atom. The van der Waals surface area contributed by atoms with Gasteiger partial charge in [0.2, 0.25) is 0 Å². The minimum atomic E-state index is -3.20. The third kappa shape index (κ3) is 8.68. The summed E-state index contributed by atoms with van der Waals surface area (Å²) in [6.45, 7) is 6.86. The quantitative estimate of drug-likeness (QED) is 0.369. The van der Waals surface area contributed by atoms with Crippen molar-refractivity contribution in [2.24, 2.45) is 0 Å². The van der Waals surface area contributed by atoms with E-state index in [4.69, 9.17) is 13.5 Å². The van der Waals surface area contributed by atoms with Crippen LogP contribution in [0.4, 0.5) is 0 Å². The van der Waals surface area contributed by atoms with Gasteiger partial charge in [0.25, 0.3) is 0 Å². The molecule has 0 bridgehead atoms. The second-order valence-electron chi connectivity index (χ2n) is 4.74. The highest BCUT2D eigenvalue weighted by atomic mass is 31.2. The van der Waals surface area contributed by atoms with Gasteiger partial charge in [-0.15, -0.1) is 0 Å². The van der Waals surface area contributed by atoms with Crippen molar-refractivity contribution >= 4 is 21.7 Å². The molecule has 0 aliphatic rings. The molecule has 0 saturated carbocycles. The van der Waals surface area contributed by atoms with Crippen molar-refractivity contribution in [2.75, 3.05) is 27.0 Å². The number of Topliss-reactive ketones (excluding diaryl/α,β-unsaturated/α-hetero) is 1. The second-order valence-corrected chi connectivity index (χ2v) is 11.5. The molecule has 0 amide bonds. The van der Waals surface area contributed by atoms with Gasteiger partial charge in [-0.05, 0) is 26.1 Å². The smallest absolute Gasteiger partial charge is 0.337 e. The lowest BCUT2D eigenvalue weighted by atomic mass is 10.2. The summed E-state index contributed by atoms with van der Waals surface area (Å²) in [5, 5.41) is 0. The van der Waals surface area contributed by atoms with Gasteiger partial charge in [-0.2, -0.15) is 0 Å². The van der Waals surface area contributed by atoms with Crippen molar-refractivity contribution in [3.05, 3.63) is 0 Å². The molecule has 0 radical (unpaired) electrons. The topological polar surface area (TPSA) is 61.8 Å². The van der Waals surface area contributed by atoms with Gasteiger partial charge in [-0.3, -0.25) is 9.36 Å². The fraction of sp³-hybridized carbons (Fsp3) is 0.900. The minimum Gasteiger partial charge on any atom is -0.418 e. The lowest BCUT2D eigenvalue weighted by molar-refractivity contribution is -0.117. The number of carbonyl (C=O) groups is 1. The molecule has 0 saturated heterocycles. The predicted molar refractivity (Wildman–Crippen MR) is 70.0 cm³/mol. The largest absolute Gasteiger partial charge is 0.418 e. The molecule has 0 aromatic rings. The number of ketones is 1. The molecule has 0 N–H and O–H groups in total. The maximum absolute atomic E-state index is 11.7. The molecule has 0 heterocycles. The summed E-state index contributed by atoms with van der Waals surface area (Å²) in [7, 11) is -2.14. The van der Waals surface area contributed by atoms with Crippen LogP contribution in [0.25, 0.3) is 0 Å². The summed E-state index contributed by atoms with van der Waals surface area (Å²) >= 11 is 0. The van der Waals surface area contributed by atoms with Crippen molar-refractivity contribution in [2.45, 2.75) is 32.5 Å². The second kappa shape index (κ2) is 7.44. The highest BCUT2D eigenvalue weighted by Gasteiger charge is 2.25. The number of hydrogen-bond donors (Lipinski definition) is 0. The molecular weight excluding hydrogens is 259 g/mol. The molecule has 0 aromatic carbocycles. The van der Waals surface area contributed by atoms with E-state index < -0.39 is 15.9 Å². The molecule has 5 nitrogen and oxygen atoms in total. The summed E-state index contributed by atoms with van der Waals surface area (Å²) in [5.41, 5.74) is 0. The van der Waals surface area contributed by atoms with Crippen molar-refractivity contribution in [1.82, 2.24) is 0 Å². The zero-order valence-electron chi connectivity index (χ0n) is 11.3. The lowest BCUT2D eigenvalue weighted by Crippen LogP contribution is -2.26. The van der Waals surface area contributed by atoms with E-state index in [0.717, 1.165) is 0 Å². The Balaban J connectivity index is 3.85. The first-order chi connectivity index (χ1) is 7.72. The molecule has 0 fully saturated rings. The van der Waals surface area contributed by atoms with Gasteiger partial charge < -0.3 is 13.5 Å². The van der Waals surface area contributed by atoms with Gasteiger partial charge >= 0.3 is 7.60 Å². The molecule has 0 aromatic heterocycles. The van der Waals surface area contributed by atoms with E-state index in [2.05, 4.69) is 19.6 Å². The van der Waals surface area contributed by atoms with E-state index in [-0.39, 0.29) is 11.9 Å². The molecule has 0 rings (SSSR count). The Morgan fingerprint density at radius 3 is 2.12 bits per heavy atom. The van der Waals surface area contributed by atoms with Gasteiger partial charge in [0.05, 0.1) is 0 Å². The van der Waals surface area contributed by atoms with Gasteiger partial charge in [-0.1, -0.05) is 0 Å². The van der Waals surface area contributed by atoms with Crippen LogP contribution in [0.3, 0.4) is 0 Å². The monoisotopic (exact) mass is 282 g/mol. The lowest BCUT2D eigenvalue weighted by Gasteiger charge is -2.17. The highest BCUT2D eigenvalue weighted by molar-refractivity contribution is 7.54. The average Bonchev–Trinajstić information content (AvgIpc) is 2.23.